The summed E-state index contributed by atoms with van der Waals surface area (Å²) in [5.74, 6) is -1.43. The Morgan fingerprint density at radius 1 is 1.00 bits per heavy atom. The summed E-state index contributed by atoms with van der Waals surface area (Å²) < 4.78 is 94.0. The first-order valence-corrected chi connectivity index (χ1v) is 17.0. The molecule has 5 rings (SSSR count). The Balaban J connectivity index is 1.34. The lowest BCUT2D eigenvalue weighted by molar-refractivity contribution is -0.137. The molecule has 5 N–H and O–H groups in total. The molecule has 1 aliphatic heterocycles. The Kier molecular flexibility index (Phi) is 10.9. The van der Waals surface area contributed by atoms with Crippen LogP contribution in [0.5, 0.6) is 0 Å². The van der Waals surface area contributed by atoms with Gasteiger partial charge in [-0.2, -0.15) is 18.2 Å². The van der Waals surface area contributed by atoms with Crippen LogP contribution in [0, 0.1) is 16.4 Å². The van der Waals surface area contributed by atoms with Crippen LogP contribution in [-0.2, 0) is 20.6 Å². The van der Waals surface area contributed by atoms with Crippen molar-refractivity contribution in [3.63, 3.8) is 0 Å². The highest BCUT2D eigenvalue weighted by atomic mass is 32.2. The van der Waals surface area contributed by atoms with E-state index in [-0.39, 0.29) is 11.6 Å². The molecule has 49 heavy (non-hydrogen) atoms. The minimum Gasteiger partial charge on any atom is -0.379 e. The number of hydrogen-bond acceptors (Lipinski definition) is 9. The van der Waals surface area contributed by atoms with Crippen LogP contribution in [0.3, 0.4) is 0 Å². The van der Waals surface area contributed by atoms with E-state index in [2.05, 4.69) is 30.8 Å². The highest BCUT2D eigenvalue weighted by molar-refractivity contribution is 7.91. The van der Waals surface area contributed by atoms with Gasteiger partial charge >= 0.3 is 12.2 Å². The molecule has 1 atom stereocenters. The van der Waals surface area contributed by atoms with E-state index < -0.39 is 44.8 Å². The van der Waals surface area contributed by atoms with Gasteiger partial charge in [0, 0.05) is 48.2 Å². The molecule has 0 radical (unpaired) electrons. The third kappa shape index (κ3) is 9.61. The zero-order chi connectivity index (χ0) is 35.2. The highest BCUT2D eigenvalue weighted by Crippen LogP contribution is 2.33. The molecule has 11 nitrogen and oxygen atoms in total. The molecule has 4 aromatic rings. The lowest BCUT2D eigenvalue weighted by atomic mass is 10.1. The summed E-state index contributed by atoms with van der Waals surface area (Å²) in [6.07, 6.45) is -1.20. The second-order valence-corrected chi connectivity index (χ2v) is 13.3. The summed E-state index contributed by atoms with van der Waals surface area (Å²) in [6, 6.07) is 10.8. The van der Waals surface area contributed by atoms with Crippen LogP contribution in [0.1, 0.15) is 12.0 Å². The van der Waals surface area contributed by atoms with E-state index >= 15 is 4.39 Å². The number of nitrogens with one attached hydrogen (secondary N) is 5. The first kappa shape index (κ1) is 35.4. The van der Waals surface area contributed by atoms with Crippen LogP contribution < -0.4 is 21.3 Å². The number of benzene rings is 3. The first-order valence-electron chi connectivity index (χ1n) is 15.0. The van der Waals surface area contributed by atoms with Gasteiger partial charge in [-0.1, -0.05) is 12.1 Å². The standard InChI is InChI=1S/C32H33F5N8O3S/c1-49(38,47)23-5-2-4-22(18-23)41-30-40-19-24(29(44-30)39-10-3-11-45-12-14-48-15-13-45)20-6-9-27(26(34)16-20)42-31(46)43-28-17-21(32(35,36)37)7-8-25(28)33/h2,4-9,16-19,38H,3,10-15H2,1H3,(H2,42,43,46)(H2,39,40,41,44). The zero-order valence-electron chi connectivity index (χ0n) is 26.2. The van der Waals surface area contributed by atoms with Gasteiger partial charge < -0.3 is 26.0 Å². The van der Waals surface area contributed by atoms with Crippen molar-refractivity contribution in [2.45, 2.75) is 17.5 Å². The number of morpholine rings is 1. The molecular weight excluding hydrogens is 671 g/mol. The van der Waals surface area contributed by atoms with Crippen molar-refractivity contribution in [2.24, 2.45) is 0 Å². The lowest BCUT2D eigenvalue weighted by Gasteiger charge is -2.26. The first-order chi connectivity index (χ1) is 23.3. The third-order valence-electron chi connectivity index (χ3n) is 7.45. The van der Waals surface area contributed by atoms with Gasteiger partial charge in [0.2, 0.25) is 5.95 Å². The summed E-state index contributed by atoms with van der Waals surface area (Å²) in [7, 11) is -2.96. The molecule has 1 aromatic heterocycles. The van der Waals surface area contributed by atoms with E-state index in [1.807, 2.05) is 5.32 Å². The number of anilines is 5. The smallest absolute Gasteiger partial charge is 0.379 e. The van der Waals surface area contributed by atoms with Crippen molar-refractivity contribution in [1.82, 2.24) is 14.9 Å². The molecule has 0 spiro atoms. The quantitative estimate of drug-likeness (QED) is 0.0830. The summed E-state index contributed by atoms with van der Waals surface area (Å²) in [5, 5.41) is 10.5. The zero-order valence-corrected chi connectivity index (χ0v) is 27.0. The van der Waals surface area contributed by atoms with Crippen molar-refractivity contribution >= 4 is 44.6 Å². The third-order valence-corrected chi connectivity index (χ3v) is 8.60. The lowest BCUT2D eigenvalue weighted by Crippen LogP contribution is -2.37. The molecule has 1 unspecified atom stereocenters. The number of aromatic nitrogens is 2. The van der Waals surface area contributed by atoms with Crippen LogP contribution >= 0.6 is 0 Å². The Labute approximate surface area is 279 Å². The number of halogens is 5. The number of rotatable bonds is 11. The second kappa shape index (κ2) is 15.1. The average Bonchev–Trinajstić information content (AvgIpc) is 3.05. The number of ether oxygens (including phenoxy) is 1. The van der Waals surface area contributed by atoms with Crippen LogP contribution in [0.25, 0.3) is 11.1 Å². The topological polar surface area (TPSA) is 144 Å². The summed E-state index contributed by atoms with van der Waals surface area (Å²) in [4.78, 5) is 24.0. The van der Waals surface area contributed by atoms with E-state index in [0.29, 0.717) is 65.5 Å². The molecule has 1 fully saturated rings. The van der Waals surface area contributed by atoms with Crippen molar-refractivity contribution in [3.05, 3.63) is 84.1 Å². The van der Waals surface area contributed by atoms with E-state index in [9.17, 15) is 26.6 Å². The molecule has 0 saturated carbocycles. The molecule has 0 aliphatic carbocycles. The molecule has 260 valence electrons. The fraction of sp³-hybridized carbons (Fsp3) is 0.281. The fourth-order valence-electron chi connectivity index (χ4n) is 4.92. The Morgan fingerprint density at radius 3 is 2.47 bits per heavy atom. The number of carbonyl (C=O) groups is 1. The SMILES string of the molecule is CS(=N)(=O)c1cccc(Nc2ncc(-c3ccc(NC(=O)Nc4cc(C(F)(F)F)ccc4F)c(F)c3)c(NCCCN3CCOCC3)n2)c1. The van der Waals surface area contributed by atoms with E-state index in [1.165, 1.54) is 24.6 Å². The normalized spacial score (nSPS) is 14.9. The van der Waals surface area contributed by atoms with Gasteiger partial charge in [0.15, 0.2) is 0 Å². The maximum atomic E-state index is 15.3. The number of hydrogen-bond donors (Lipinski definition) is 5. The van der Waals surface area contributed by atoms with Crippen LogP contribution in [0.15, 0.2) is 71.8 Å². The van der Waals surface area contributed by atoms with Gasteiger partial charge in [-0.05, 0) is 67.1 Å². The molecule has 17 heteroatoms. The predicted molar refractivity (Wildman–Crippen MR) is 177 cm³/mol. The van der Waals surface area contributed by atoms with Crippen LogP contribution in [0.2, 0.25) is 0 Å². The summed E-state index contributed by atoms with van der Waals surface area (Å²) in [5.41, 5.74) is -0.925. The highest BCUT2D eigenvalue weighted by Gasteiger charge is 2.31. The van der Waals surface area contributed by atoms with Gasteiger partial charge in [0.25, 0.3) is 0 Å². The minimum atomic E-state index is -4.76. The maximum Gasteiger partial charge on any atom is 0.416 e. The number of urea groups is 1. The maximum absolute atomic E-state index is 15.3. The molecule has 3 aromatic carbocycles. The molecule has 1 saturated heterocycles. The summed E-state index contributed by atoms with van der Waals surface area (Å²) >= 11 is 0. The van der Waals surface area contributed by atoms with Crippen LogP contribution in [-0.4, -0.2) is 70.8 Å². The van der Waals surface area contributed by atoms with E-state index in [4.69, 9.17) is 9.52 Å². The molecule has 0 bridgehead atoms. The van der Waals surface area contributed by atoms with Crippen molar-refractivity contribution in [1.29, 1.82) is 4.78 Å². The number of amides is 2. The largest absolute Gasteiger partial charge is 0.416 e. The van der Waals surface area contributed by atoms with Gasteiger partial charge in [0.1, 0.15) is 17.5 Å². The summed E-state index contributed by atoms with van der Waals surface area (Å²) in [6.45, 7) is 4.35. The second-order valence-electron chi connectivity index (χ2n) is 11.2. The average molecular weight is 705 g/mol. The number of nitrogens with zero attached hydrogens (tertiary/aromatic N) is 3. The Bertz CT molecular complexity index is 1920. The molecule has 1 aliphatic rings. The predicted octanol–water partition coefficient (Wildman–Crippen LogP) is 7.00. The van der Waals surface area contributed by atoms with Gasteiger partial charge in [-0.25, -0.2) is 27.5 Å². The van der Waals surface area contributed by atoms with Crippen molar-refractivity contribution in [3.8, 4) is 11.1 Å². The van der Waals surface area contributed by atoms with Crippen molar-refractivity contribution in [2.75, 3.05) is 66.9 Å². The van der Waals surface area contributed by atoms with Gasteiger partial charge in [-0.3, -0.25) is 4.90 Å². The molecule has 2 heterocycles. The Hall–Kier alpha value is -4.87. The monoisotopic (exact) mass is 704 g/mol. The van der Waals surface area contributed by atoms with Gasteiger partial charge in [0.05, 0.1) is 39.9 Å². The number of alkyl halides is 3. The number of carbonyl (C=O) groups excluding carboxylic acids is 1. The molecule has 2 amide bonds. The Morgan fingerprint density at radius 2 is 1.76 bits per heavy atom. The van der Waals surface area contributed by atoms with E-state index in [1.54, 1.807) is 24.3 Å². The fourth-order valence-corrected chi connectivity index (χ4v) is 5.61. The van der Waals surface area contributed by atoms with Crippen LogP contribution in [0.4, 0.5) is 55.6 Å². The minimum absolute atomic E-state index is 0.182. The van der Waals surface area contributed by atoms with Crippen molar-refractivity contribution < 1.29 is 35.7 Å². The van der Waals surface area contributed by atoms with E-state index in [0.717, 1.165) is 32.1 Å². The molecular formula is C32H33F5N8O3S. The van der Waals surface area contributed by atoms with Gasteiger partial charge in [-0.15, -0.1) is 0 Å².